The van der Waals surface area contributed by atoms with Gasteiger partial charge in [0.05, 0.1) is 29.7 Å². The largest absolute Gasteiger partial charge is 0.481 e. The number of carboxylic acids is 1. The SMILES string of the molecule is CCCCC[N+]1=C(/C=C/C=C/C=C2\N(CCCC)c3ccc(S(=O)(=O)O)cc3C2(C)CCP(=O)(OCC)OCC)C(C)(CCCCCC(=O)O)c2ccccc21. The highest BCUT2D eigenvalue weighted by Gasteiger charge is 2.47. The van der Waals surface area contributed by atoms with Crippen LogP contribution in [0.5, 0.6) is 0 Å². The Morgan fingerprint density at radius 2 is 1.57 bits per heavy atom. The summed E-state index contributed by atoms with van der Waals surface area (Å²) >= 11 is 0. The fourth-order valence-electron chi connectivity index (χ4n) is 8.26. The molecule has 0 bridgehead atoms. The van der Waals surface area contributed by atoms with Crippen molar-refractivity contribution in [1.82, 2.24) is 0 Å². The molecule has 56 heavy (non-hydrogen) atoms. The van der Waals surface area contributed by atoms with Crippen LogP contribution < -0.4 is 4.90 Å². The van der Waals surface area contributed by atoms with Crippen molar-refractivity contribution in [2.45, 2.75) is 128 Å². The molecule has 2 aromatic carbocycles. The molecule has 0 spiro atoms. The Morgan fingerprint density at radius 3 is 2.23 bits per heavy atom. The maximum atomic E-state index is 13.7. The van der Waals surface area contributed by atoms with Gasteiger partial charge in [0, 0.05) is 53.9 Å². The van der Waals surface area contributed by atoms with E-state index in [1.165, 1.54) is 23.0 Å². The van der Waals surface area contributed by atoms with Crippen LogP contribution in [-0.2, 0) is 39.4 Å². The van der Waals surface area contributed by atoms with Crippen LogP contribution in [0.3, 0.4) is 0 Å². The number of anilines is 1. The first-order chi connectivity index (χ1) is 26.7. The van der Waals surface area contributed by atoms with E-state index in [4.69, 9.17) is 9.05 Å². The van der Waals surface area contributed by atoms with Crippen molar-refractivity contribution in [3.63, 3.8) is 0 Å². The van der Waals surface area contributed by atoms with Gasteiger partial charge in [-0.25, -0.2) is 0 Å². The Morgan fingerprint density at radius 1 is 0.857 bits per heavy atom. The van der Waals surface area contributed by atoms with E-state index in [0.717, 1.165) is 74.9 Å². The van der Waals surface area contributed by atoms with Gasteiger partial charge in [-0.1, -0.05) is 76.0 Å². The lowest BCUT2D eigenvalue weighted by atomic mass is 9.75. The lowest BCUT2D eigenvalue weighted by molar-refractivity contribution is -0.438. The summed E-state index contributed by atoms with van der Waals surface area (Å²) in [4.78, 5) is 13.2. The van der Waals surface area contributed by atoms with Gasteiger partial charge in [0.1, 0.15) is 6.54 Å². The van der Waals surface area contributed by atoms with Crippen molar-refractivity contribution in [2.24, 2.45) is 0 Å². The molecule has 2 atom stereocenters. The van der Waals surface area contributed by atoms with Gasteiger partial charge in [0.2, 0.25) is 5.69 Å². The Bertz CT molecular complexity index is 1940. The van der Waals surface area contributed by atoms with Gasteiger partial charge in [0.15, 0.2) is 5.71 Å². The lowest BCUT2D eigenvalue weighted by Gasteiger charge is -2.31. The van der Waals surface area contributed by atoms with Crippen LogP contribution in [0.2, 0.25) is 0 Å². The molecule has 0 amide bonds. The van der Waals surface area contributed by atoms with Crippen LogP contribution in [0.25, 0.3) is 0 Å². The second-order valence-corrected chi connectivity index (χ2v) is 18.9. The van der Waals surface area contributed by atoms with E-state index >= 15 is 0 Å². The summed E-state index contributed by atoms with van der Waals surface area (Å²) in [7, 11) is -7.90. The average Bonchev–Trinajstić information content (AvgIpc) is 3.53. The zero-order chi connectivity index (χ0) is 41.0. The van der Waals surface area contributed by atoms with Crippen molar-refractivity contribution in [2.75, 3.05) is 37.4 Å². The minimum absolute atomic E-state index is 0.130. The Balaban J connectivity index is 1.76. The Kier molecular flexibility index (Phi) is 16.5. The predicted molar refractivity (Wildman–Crippen MR) is 226 cm³/mol. The fourth-order valence-corrected chi connectivity index (χ4v) is 10.6. The van der Waals surface area contributed by atoms with E-state index in [0.29, 0.717) is 19.4 Å². The molecule has 2 unspecified atom stereocenters. The first-order valence-electron chi connectivity index (χ1n) is 20.5. The van der Waals surface area contributed by atoms with Gasteiger partial charge < -0.3 is 19.1 Å². The van der Waals surface area contributed by atoms with Crippen LogP contribution in [-0.4, -0.2) is 66.8 Å². The molecule has 2 N–H and O–H groups in total. The topological polar surface area (TPSA) is 133 Å². The lowest BCUT2D eigenvalue weighted by Crippen LogP contribution is -2.31. The first kappa shape index (κ1) is 45.4. The number of carbonyl (C=O) groups is 1. The fraction of sp³-hybridized carbons (Fsp3) is 0.545. The van der Waals surface area contributed by atoms with Crippen molar-refractivity contribution in [3.8, 4) is 0 Å². The summed E-state index contributed by atoms with van der Waals surface area (Å²) < 4.78 is 62.3. The van der Waals surface area contributed by atoms with Gasteiger partial charge in [-0.2, -0.15) is 13.0 Å². The number of rotatable bonds is 24. The van der Waals surface area contributed by atoms with Gasteiger partial charge in [-0.3, -0.25) is 13.9 Å². The number of nitrogens with zero attached hydrogens (tertiary/aromatic N) is 2. The molecule has 0 fully saturated rings. The Labute approximate surface area is 335 Å². The molecule has 0 radical (unpaired) electrons. The van der Waals surface area contributed by atoms with E-state index in [2.05, 4.69) is 72.7 Å². The van der Waals surface area contributed by atoms with E-state index in [9.17, 15) is 27.4 Å². The normalized spacial score (nSPS) is 20.6. The molecule has 0 aliphatic carbocycles. The highest BCUT2D eigenvalue weighted by Crippen LogP contribution is 2.56. The highest BCUT2D eigenvalue weighted by atomic mass is 32.2. The van der Waals surface area contributed by atoms with E-state index in [-0.39, 0.29) is 36.1 Å². The molecule has 2 aliphatic heterocycles. The maximum absolute atomic E-state index is 13.7. The molecule has 308 valence electrons. The zero-order valence-electron chi connectivity index (χ0n) is 34.3. The molecule has 0 saturated carbocycles. The number of hydrogen-bond donors (Lipinski definition) is 2. The van der Waals surface area contributed by atoms with Crippen LogP contribution in [0.4, 0.5) is 11.4 Å². The molecule has 4 rings (SSSR count). The van der Waals surface area contributed by atoms with Gasteiger partial charge in [-0.15, -0.1) is 0 Å². The minimum Gasteiger partial charge on any atom is -0.481 e. The number of carboxylic acid groups (broad SMARTS) is 1. The minimum atomic E-state index is -4.47. The molecule has 2 heterocycles. The summed E-state index contributed by atoms with van der Waals surface area (Å²) in [6.07, 6.45) is 19.6. The standard InChI is InChI=1S/C44H63N2O8PS/c1-7-11-21-32-46-38-23-19-18-22-36(38)43(5,29-20-14-17-26-42(47)48)40(46)24-15-13-16-25-41-44(6,30-33-55(49,53-9-3)54-10-4)37-34-35(56(50,51)52)27-28-39(37)45(41)31-12-8-2/h13,15-16,18-19,22-25,27-28,34H,7-12,14,17,20-21,26,29-33H2,1-6H3,(H-,47,48,50,51,52)/p+1. The third-order valence-electron chi connectivity index (χ3n) is 11.2. The second kappa shape index (κ2) is 20.4. The number of hydrogen-bond acceptors (Lipinski definition) is 7. The molecule has 0 saturated heterocycles. The number of allylic oxidation sites excluding steroid dienone is 6. The monoisotopic (exact) mass is 811 g/mol. The molecular formula is C44H64N2O8PS+. The zero-order valence-corrected chi connectivity index (χ0v) is 36.0. The number of para-hydroxylation sites is 1. The smallest absolute Gasteiger partial charge is 0.330 e. The van der Waals surface area contributed by atoms with Crippen molar-refractivity contribution >= 4 is 40.8 Å². The second-order valence-electron chi connectivity index (χ2n) is 15.3. The molecule has 10 nitrogen and oxygen atoms in total. The number of benzene rings is 2. The number of unbranched alkanes of at least 4 members (excludes halogenated alkanes) is 5. The maximum Gasteiger partial charge on any atom is 0.330 e. The quantitative estimate of drug-likeness (QED) is 0.0349. The van der Waals surface area contributed by atoms with Crippen LogP contribution in [0.1, 0.15) is 123 Å². The van der Waals surface area contributed by atoms with Gasteiger partial charge in [-0.05, 0) is 89.6 Å². The van der Waals surface area contributed by atoms with Crippen molar-refractivity contribution in [3.05, 3.63) is 89.7 Å². The van der Waals surface area contributed by atoms with Crippen LogP contribution in [0.15, 0.2) is 83.4 Å². The van der Waals surface area contributed by atoms with E-state index in [1.54, 1.807) is 26.0 Å². The summed E-state index contributed by atoms with van der Waals surface area (Å²) in [5.74, 6) is -0.754. The van der Waals surface area contributed by atoms with Gasteiger partial charge >= 0.3 is 13.6 Å². The molecular weight excluding hydrogens is 748 g/mol. The highest BCUT2D eigenvalue weighted by molar-refractivity contribution is 7.85. The number of fused-ring (bicyclic) bond motifs is 2. The van der Waals surface area contributed by atoms with Gasteiger partial charge in [0.25, 0.3) is 10.1 Å². The van der Waals surface area contributed by atoms with Crippen molar-refractivity contribution < 1.29 is 41.1 Å². The van der Waals surface area contributed by atoms with E-state index in [1.807, 2.05) is 19.1 Å². The molecule has 2 aliphatic rings. The third kappa shape index (κ3) is 10.8. The van der Waals surface area contributed by atoms with Crippen molar-refractivity contribution in [1.29, 1.82) is 0 Å². The summed E-state index contributed by atoms with van der Waals surface area (Å²) in [6.45, 7) is 14.3. The molecule has 0 aromatic heterocycles. The predicted octanol–water partition coefficient (Wildman–Crippen LogP) is 10.7. The third-order valence-corrected chi connectivity index (χ3v) is 14.1. The van der Waals surface area contributed by atoms with Crippen LogP contribution >= 0.6 is 7.60 Å². The Hall–Kier alpha value is -3.34. The average molecular weight is 812 g/mol. The number of aliphatic carboxylic acids is 1. The molecule has 12 heteroatoms. The van der Waals surface area contributed by atoms with E-state index < -0.39 is 29.1 Å². The molecule has 2 aromatic rings. The summed E-state index contributed by atoms with van der Waals surface area (Å²) in [5, 5.41) is 9.17. The first-order valence-corrected chi connectivity index (χ1v) is 23.6. The van der Waals surface area contributed by atoms with Crippen LogP contribution in [0, 0.1) is 0 Å². The summed E-state index contributed by atoms with van der Waals surface area (Å²) in [5.41, 5.74) is 5.27. The summed E-state index contributed by atoms with van der Waals surface area (Å²) in [6, 6.07) is 13.4.